The van der Waals surface area contributed by atoms with E-state index >= 15 is 0 Å². The topological polar surface area (TPSA) is 63.4 Å². The van der Waals surface area contributed by atoms with Gasteiger partial charge in [-0.05, 0) is 42.7 Å². The number of carbonyl (C=O) groups excluding carboxylic acids is 1. The Morgan fingerprint density at radius 2 is 1.94 bits per heavy atom. The predicted molar refractivity (Wildman–Crippen MR) is 134 cm³/mol. The molecule has 0 atom stereocenters. The molecule has 0 spiro atoms. The van der Waals surface area contributed by atoms with Crippen molar-refractivity contribution in [2.45, 2.75) is 32.9 Å². The number of thiophene rings is 1. The van der Waals surface area contributed by atoms with Crippen LogP contribution in [0.1, 0.15) is 38.8 Å². The first-order chi connectivity index (χ1) is 17.0. The third kappa shape index (κ3) is 3.86. The highest BCUT2D eigenvalue weighted by Gasteiger charge is 2.33. The highest BCUT2D eigenvalue weighted by atomic mass is 35.5. The Hall–Kier alpha value is -3.36. The van der Waals surface area contributed by atoms with Gasteiger partial charge in [-0.1, -0.05) is 41.9 Å². The summed E-state index contributed by atoms with van der Waals surface area (Å²) in [7, 11) is 0. The maximum absolute atomic E-state index is 13.3. The molecule has 2 aliphatic heterocycles. The maximum atomic E-state index is 13.3. The molecule has 0 radical (unpaired) electrons. The van der Waals surface area contributed by atoms with Gasteiger partial charge >= 0.3 is 0 Å². The molecule has 9 heteroatoms. The van der Waals surface area contributed by atoms with Crippen molar-refractivity contribution < 1.29 is 9.18 Å². The number of aromatic nitrogens is 3. The zero-order valence-corrected chi connectivity index (χ0v) is 20.5. The average Bonchev–Trinajstić information content (AvgIpc) is 3.36. The van der Waals surface area contributed by atoms with Crippen molar-refractivity contribution in [1.82, 2.24) is 19.7 Å². The van der Waals surface area contributed by atoms with Crippen molar-refractivity contribution in [3.05, 3.63) is 98.2 Å². The number of amides is 1. The maximum Gasteiger partial charge on any atom is 0.227 e. The number of halogens is 2. The van der Waals surface area contributed by atoms with E-state index in [0.717, 1.165) is 50.3 Å². The van der Waals surface area contributed by atoms with Gasteiger partial charge in [-0.3, -0.25) is 14.4 Å². The van der Waals surface area contributed by atoms with Crippen LogP contribution in [0.4, 0.5) is 4.39 Å². The van der Waals surface area contributed by atoms with Gasteiger partial charge in [0.2, 0.25) is 5.91 Å². The smallest absolute Gasteiger partial charge is 0.227 e. The van der Waals surface area contributed by atoms with Crippen LogP contribution in [0.25, 0.3) is 5.00 Å². The summed E-state index contributed by atoms with van der Waals surface area (Å²) >= 11 is 8.27. The number of aliphatic imine (C=N–C) groups is 1. The summed E-state index contributed by atoms with van der Waals surface area (Å²) in [5, 5.41) is 10.3. The molecule has 1 amide bonds. The third-order valence-corrected chi connectivity index (χ3v) is 8.03. The van der Waals surface area contributed by atoms with Gasteiger partial charge in [0.15, 0.2) is 5.82 Å². The van der Waals surface area contributed by atoms with Crippen LogP contribution >= 0.6 is 22.9 Å². The van der Waals surface area contributed by atoms with Gasteiger partial charge in [0.05, 0.1) is 18.7 Å². The van der Waals surface area contributed by atoms with Crippen LogP contribution in [0.2, 0.25) is 5.02 Å². The van der Waals surface area contributed by atoms with Crippen molar-refractivity contribution in [1.29, 1.82) is 0 Å². The summed E-state index contributed by atoms with van der Waals surface area (Å²) in [4.78, 5) is 21.0. The molecule has 4 heterocycles. The fourth-order valence-electron chi connectivity index (χ4n) is 4.77. The van der Waals surface area contributed by atoms with Crippen LogP contribution < -0.4 is 0 Å². The second-order valence-corrected chi connectivity index (χ2v) is 10.2. The van der Waals surface area contributed by atoms with Crippen molar-refractivity contribution in [3.8, 4) is 5.00 Å². The standard InChI is InChI=1S/C26H21ClFN5OS/c1-15-30-31-22-13-29-25(18-4-2-3-5-20(18)27)24-19-10-11-32(14-21(19)35-26(24)33(15)22)23(34)12-16-6-8-17(28)9-7-16/h2-9H,10-14H2,1H3. The van der Waals surface area contributed by atoms with E-state index < -0.39 is 0 Å². The molecule has 0 bridgehead atoms. The number of hydrogen-bond donors (Lipinski definition) is 0. The van der Waals surface area contributed by atoms with Crippen LogP contribution in [0.3, 0.4) is 0 Å². The van der Waals surface area contributed by atoms with E-state index in [1.165, 1.54) is 17.7 Å². The zero-order valence-electron chi connectivity index (χ0n) is 19.0. The van der Waals surface area contributed by atoms with Crippen molar-refractivity contribution in [3.63, 3.8) is 0 Å². The molecule has 0 N–H and O–H groups in total. The summed E-state index contributed by atoms with van der Waals surface area (Å²) in [6.45, 7) is 3.50. The lowest BCUT2D eigenvalue weighted by molar-refractivity contribution is -0.131. The van der Waals surface area contributed by atoms with Gasteiger partial charge < -0.3 is 4.90 Å². The number of aryl methyl sites for hydroxylation is 1. The van der Waals surface area contributed by atoms with Crippen molar-refractivity contribution in [2.75, 3.05) is 6.54 Å². The van der Waals surface area contributed by atoms with Crippen molar-refractivity contribution in [2.24, 2.45) is 4.99 Å². The van der Waals surface area contributed by atoms with Crippen LogP contribution in [0, 0.1) is 12.7 Å². The fraction of sp³-hybridized carbons (Fsp3) is 0.231. The van der Waals surface area contributed by atoms with E-state index in [4.69, 9.17) is 16.6 Å². The lowest BCUT2D eigenvalue weighted by Gasteiger charge is -2.27. The largest absolute Gasteiger partial charge is 0.337 e. The Bertz CT molecular complexity index is 1490. The van der Waals surface area contributed by atoms with Crippen molar-refractivity contribution >= 4 is 34.6 Å². The molecule has 6 nitrogen and oxygen atoms in total. The fourth-order valence-corrected chi connectivity index (χ4v) is 6.42. The van der Waals surface area contributed by atoms with Gasteiger partial charge in [0.25, 0.3) is 0 Å². The first-order valence-electron chi connectivity index (χ1n) is 11.4. The molecular formula is C26H21ClFN5OS. The second kappa shape index (κ2) is 8.70. The number of fused-ring (bicyclic) bond motifs is 5. The van der Waals surface area contributed by atoms with E-state index in [9.17, 15) is 9.18 Å². The minimum atomic E-state index is -0.302. The van der Waals surface area contributed by atoms with Gasteiger partial charge in [-0.25, -0.2) is 4.39 Å². The Morgan fingerprint density at radius 1 is 1.14 bits per heavy atom. The van der Waals surface area contributed by atoms with Crippen LogP contribution in [-0.2, 0) is 30.7 Å². The minimum Gasteiger partial charge on any atom is -0.337 e. The van der Waals surface area contributed by atoms with Gasteiger partial charge in [0, 0.05) is 27.6 Å². The molecular weight excluding hydrogens is 485 g/mol. The SMILES string of the molecule is Cc1nnc2n1-c1sc3c(c1C(c1ccccc1Cl)=NC2)CCN(C(=O)Cc1ccc(F)cc1)C3. The Labute approximate surface area is 210 Å². The van der Waals surface area contributed by atoms with Gasteiger partial charge in [-0.15, -0.1) is 21.5 Å². The molecule has 2 aliphatic rings. The zero-order chi connectivity index (χ0) is 24.1. The summed E-state index contributed by atoms with van der Waals surface area (Å²) < 4.78 is 15.3. The molecule has 0 aliphatic carbocycles. The first kappa shape index (κ1) is 22.1. The molecule has 6 rings (SSSR count). The van der Waals surface area contributed by atoms with E-state index in [-0.39, 0.29) is 18.1 Å². The Balaban J connectivity index is 1.40. The highest BCUT2D eigenvalue weighted by molar-refractivity contribution is 7.15. The average molecular weight is 506 g/mol. The predicted octanol–water partition coefficient (Wildman–Crippen LogP) is 4.91. The normalized spacial score (nSPS) is 14.6. The Kier molecular flexibility index (Phi) is 5.50. The lowest BCUT2D eigenvalue weighted by atomic mass is 9.95. The number of nitrogens with zero attached hydrogens (tertiary/aromatic N) is 5. The summed E-state index contributed by atoms with van der Waals surface area (Å²) in [6.07, 6.45) is 0.970. The number of benzene rings is 2. The van der Waals surface area contributed by atoms with E-state index in [1.54, 1.807) is 23.5 Å². The van der Waals surface area contributed by atoms with Gasteiger partial charge in [0.1, 0.15) is 23.2 Å². The number of rotatable bonds is 3. The molecule has 4 aromatic rings. The Morgan fingerprint density at radius 3 is 2.74 bits per heavy atom. The van der Waals surface area contributed by atoms with Gasteiger partial charge in [-0.2, -0.15) is 0 Å². The highest BCUT2D eigenvalue weighted by Crippen LogP contribution is 2.40. The summed E-state index contributed by atoms with van der Waals surface area (Å²) in [5.74, 6) is 1.32. The molecule has 0 saturated heterocycles. The van der Waals surface area contributed by atoms with E-state index in [1.807, 2.05) is 36.1 Å². The molecule has 0 unspecified atom stereocenters. The monoisotopic (exact) mass is 505 g/mol. The minimum absolute atomic E-state index is 0.0343. The molecule has 176 valence electrons. The molecule has 0 saturated carbocycles. The lowest BCUT2D eigenvalue weighted by Crippen LogP contribution is -2.36. The molecule has 35 heavy (non-hydrogen) atoms. The van der Waals surface area contributed by atoms with Crippen LogP contribution in [-0.4, -0.2) is 37.8 Å². The number of hydrogen-bond acceptors (Lipinski definition) is 5. The summed E-state index contributed by atoms with van der Waals surface area (Å²) in [6, 6.07) is 13.9. The second-order valence-electron chi connectivity index (χ2n) is 8.70. The quantitative estimate of drug-likeness (QED) is 0.397. The molecule has 2 aromatic carbocycles. The van der Waals surface area contributed by atoms with Crippen LogP contribution in [0.15, 0.2) is 53.5 Å². The van der Waals surface area contributed by atoms with E-state index in [2.05, 4.69) is 14.8 Å². The number of carbonyl (C=O) groups is 1. The summed E-state index contributed by atoms with van der Waals surface area (Å²) in [5.41, 5.74) is 4.82. The first-order valence-corrected chi connectivity index (χ1v) is 12.6. The van der Waals surface area contributed by atoms with E-state index in [0.29, 0.717) is 24.7 Å². The molecule has 2 aromatic heterocycles. The van der Waals surface area contributed by atoms with Crippen LogP contribution in [0.5, 0.6) is 0 Å². The molecule has 0 fully saturated rings. The third-order valence-electron chi connectivity index (χ3n) is 6.50.